The predicted molar refractivity (Wildman–Crippen MR) is 107 cm³/mol. The first-order valence-corrected chi connectivity index (χ1v) is 10.2. The normalized spacial score (nSPS) is 16.8. The number of carbonyl (C=O) groups is 2. The van der Waals surface area contributed by atoms with Gasteiger partial charge in [-0.3, -0.25) is 9.59 Å². The topological polar surface area (TPSA) is 80.1 Å². The highest BCUT2D eigenvalue weighted by atomic mass is 32.1. The van der Waals surface area contributed by atoms with Crippen LogP contribution in [-0.4, -0.2) is 51.1 Å². The first-order valence-electron chi connectivity index (χ1n) is 9.28. The average molecular weight is 395 g/mol. The van der Waals surface area contributed by atoms with Gasteiger partial charge in [0.1, 0.15) is 6.04 Å². The molecule has 0 saturated carbocycles. The van der Waals surface area contributed by atoms with Gasteiger partial charge in [0.25, 0.3) is 5.91 Å². The van der Waals surface area contributed by atoms with Gasteiger partial charge >= 0.3 is 0 Å². The van der Waals surface area contributed by atoms with E-state index in [1.807, 2.05) is 47.8 Å². The Bertz CT molecular complexity index is 968. The summed E-state index contributed by atoms with van der Waals surface area (Å²) >= 11 is 1.54. The summed E-state index contributed by atoms with van der Waals surface area (Å²) in [7, 11) is 1.59. The molecule has 4 rings (SSSR count). The minimum atomic E-state index is -0.472. The molecule has 2 amide bonds. The lowest BCUT2D eigenvalue weighted by molar-refractivity contribution is -0.126. The second-order valence-electron chi connectivity index (χ2n) is 6.61. The van der Waals surface area contributed by atoms with Crippen LogP contribution in [0.4, 0.5) is 0 Å². The van der Waals surface area contributed by atoms with Crippen molar-refractivity contribution in [2.45, 2.75) is 25.3 Å². The van der Waals surface area contributed by atoms with E-state index in [9.17, 15) is 9.59 Å². The van der Waals surface area contributed by atoms with Crippen LogP contribution in [0.5, 0.6) is 0 Å². The number of likely N-dealkylation sites (N-methyl/N-ethyl adjacent to an activating group) is 1. The van der Waals surface area contributed by atoms with Crippen LogP contribution in [0.3, 0.4) is 0 Å². The fourth-order valence-corrected chi connectivity index (χ4v) is 4.16. The lowest BCUT2D eigenvalue weighted by Gasteiger charge is -2.33. The molecule has 1 aromatic carbocycles. The molecule has 1 fully saturated rings. The molecular weight excluding hydrogens is 374 g/mol. The molecule has 144 valence electrons. The second kappa shape index (κ2) is 7.93. The molecule has 1 N–H and O–H groups in total. The van der Waals surface area contributed by atoms with Crippen molar-refractivity contribution in [3.05, 3.63) is 53.7 Å². The summed E-state index contributed by atoms with van der Waals surface area (Å²) < 4.78 is 1.69. The zero-order valence-corrected chi connectivity index (χ0v) is 16.4. The van der Waals surface area contributed by atoms with Gasteiger partial charge in [0.2, 0.25) is 11.7 Å². The Kier molecular flexibility index (Phi) is 5.21. The minimum absolute atomic E-state index is 0.114. The first-order chi connectivity index (χ1) is 13.7. The Morgan fingerprint density at radius 3 is 2.68 bits per heavy atom. The van der Waals surface area contributed by atoms with Crippen molar-refractivity contribution in [1.29, 1.82) is 0 Å². The summed E-state index contributed by atoms with van der Waals surface area (Å²) in [6, 6.07) is 13.0. The summed E-state index contributed by atoms with van der Waals surface area (Å²) in [6.45, 7) is 0.533. The molecule has 28 heavy (non-hydrogen) atoms. The highest BCUT2D eigenvalue weighted by molar-refractivity contribution is 7.13. The summed E-state index contributed by atoms with van der Waals surface area (Å²) in [4.78, 5) is 32.5. The number of benzene rings is 1. The molecule has 0 aliphatic carbocycles. The Balaban J connectivity index is 1.74. The predicted octanol–water partition coefficient (Wildman–Crippen LogP) is 2.74. The van der Waals surface area contributed by atoms with Gasteiger partial charge < -0.3 is 10.2 Å². The van der Waals surface area contributed by atoms with Gasteiger partial charge in [-0.05, 0) is 42.8 Å². The number of para-hydroxylation sites is 1. The number of thiophene rings is 1. The summed E-state index contributed by atoms with van der Waals surface area (Å²) in [6.07, 6.45) is 2.45. The van der Waals surface area contributed by atoms with E-state index in [2.05, 4.69) is 15.4 Å². The van der Waals surface area contributed by atoms with Gasteiger partial charge in [0.05, 0.1) is 10.6 Å². The molecule has 1 saturated heterocycles. The van der Waals surface area contributed by atoms with E-state index >= 15 is 0 Å². The minimum Gasteiger partial charge on any atom is -0.357 e. The molecule has 3 heterocycles. The molecule has 8 heteroatoms. The van der Waals surface area contributed by atoms with Crippen LogP contribution in [0, 0.1) is 0 Å². The number of aromatic nitrogens is 3. The van der Waals surface area contributed by atoms with Gasteiger partial charge in [0, 0.05) is 13.6 Å². The Hall–Kier alpha value is -3.00. The van der Waals surface area contributed by atoms with Crippen LogP contribution < -0.4 is 5.32 Å². The SMILES string of the molecule is CNC(=O)[C@@H]1CCCCN1C(=O)c1nc(-c2cccs2)n(-c2ccccc2)n1. The van der Waals surface area contributed by atoms with Crippen molar-refractivity contribution in [1.82, 2.24) is 25.0 Å². The average Bonchev–Trinajstić information content (AvgIpc) is 3.43. The van der Waals surface area contributed by atoms with Crippen LogP contribution >= 0.6 is 11.3 Å². The van der Waals surface area contributed by atoms with E-state index in [4.69, 9.17) is 0 Å². The molecule has 0 spiro atoms. The third kappa shape index (κ3) is 3.43. The molecule has 2 aromatic heterocycles. The maximum atomic E-state index is 13.2. The maximum absolute atomic E-state index is 13.2. The number of rotatable bonds is 4. The number of hydrogen-bond donors (Lipinski definition) is 1. The first kappa shape index (κ1) is 18.4. The zero-order chi connectivity index (χ0) is 19.5. The standard InChI is InChI=1S/C20H21N5O2S/c1-21-19(26)15-10-5-6-12-24(15)20(27)17-22-18(16-11-7-13-28-16)25(23-17)14-8-3-2-4-9-14/h2-4,7-9,11,13,15H,5-6,10,12H2,1H3,(H,21,26)/t15-/m0/s1. The second-order valence-corrected chi connectivity index (χ2v) is 7.56. The van der Waals surface area contributed by atoms with Crippen molar-refractivity contribution in [3.63, 3.8) is 0 Å². The van der Waals surface area contributed by atoms with Crippen LogP contribution in [-0.2, 0) is 4.79 Å². The Morgan fingerprint density at radius 1 is 1.14 bits per heavy atom. The van der Waals surface area contributed by atoms with Crippen LogP contribution in [0.25, 0.3) is 16.4 Å². The van der Waals surface area contributed by atoms with E-state index in [1.165, 1.54) is 0 Å². The summed E-state index contributed by atoms with van der Waals surface area (Å²) in [5.41, 5.74) is 0.832. The monoisotopic (exact) mass is 395 g/mol. The molecule has 0 radical (unpaired) electrons. The van der Waals surface area contributed by atoms with Gasteiger partial charge in [-0.25, -0.2) is 9.67 Å². The Morgan fingerprint density at radius 2 is 1.96 bits per heavy atom. The molecule has 3 aromatic rings. The van der Waals surface area contributed by atoms with Gasteiger partial charge in [-0.1, -0.05) is 24.3 Å². The lowest BCUT2D eigenvalue weighted by atomic mass is 10.0. The third-order valence-electron chi connectivity index (χ3n) is 4.85. The number of hydrogen-bond acceptors (Lipinski definition) is 5. The van der Waals surface area contributed by atoms with Crippen molar-refractivity contribution >= 4 is 23.2 Å². The fraction of sp³-hybridized carbons (Fsp3) is 0.300. The van der Waals surface area contributed by atoms with Crippen LogP contribution in [0.1, 0.15) is 29.9 Å². The van der Waals surface area contributed by atoms with Gasteiger partial charge in [-0.15, -0.1) is 16.4 Å². The van der Waals surface area contributed by atoms with Crippen LogP contribution in [0.15, 0.2) is 47.8 Å². The Labute approximate surface area is 167 Å². The number of nitrogens with one attached hydrogen (secondary N) is 1. The van der Waals surface area contributed by atoms with Gasteiger partial charge in [0.15, 0.2) is 5.82 Å². The van der Waals surface area contributed by atoms with Crippen LogP contribution in [0.2, 0.25) is 0 Å². The van der Waals surface area contributed by atoms with E-state index in [0.29, 0.717) is 18.8 Å². The summed E-state index contributed by atoms with van der Waals surface area (Å²) in [5, 5.41) is 9.14. The summed E-state index contributed by atoms with van der Waals surface area (Å²) in [5.74, 6) is 0.288. The molecule has 1 atom stereocenters. The van der Waals surface area contributed by atoms with Crippen molar-refractivity contribution in [2.75, 3.05) is 13.6 Å². The van der Waals surface area contributed by atoms with E-state index in [1.54, 1.807) is 28.0 Å². The number of piperidine rings is 1. The zero-order valence-electron chi connectivity index (χ0n) is 15.5. The quantitative estimate of drug-likeness (QED) is 0.737. The maximum Gasteiger partial charge on any atom is 0.294 e. The van der Waals surface area contributed by atoms with E-state index in [-0.39, 0.29) is 17.6 Å². The lowest BCUT2D eigenvalue weighted by Crippen LogP contribution is -2.51. The third-order valence-corrected chi connectivity index (χ3v) is 5.72. The van der Waals surface area contributed by atoms with Crippen molar-refractivity contribution in [2.24, 2.45) is 0 Å². The molecule has 1 aliphatic rings. The molecular formula is C20H21N5O2S. The van der Waals surface area contributed by atoms with Crippen molar-refractivity contribution in [3.8, 4) is 16.4 Å². The van der Waals surface area contributed by atoms with Crippen molar-refractivity contribution < 1.29 is 9.59 Å². The fourth-order valence-electron chi connectivity index (χ4n) is 3.46. The van der Waals surface area contributed by atoms with E-state index in [0.717, 1.165) is 23.4 Å². The highest BCUT2D eigenvalue weighted by Gasteiger charge is 2.34. The van der Waals surface area contributed by atoms with Gasteiger partial charge in [-0.2, -0.15) is 0 Å². The number of carbonyl (C=O) groups excluding carboxylic acids is 2. The largest absolute Gasteiger partial charge is 0.357 e. The highest BCUT2D eigenvalue weighted by Crippen LogP contribution is 2.26. The number of amides is 2. The molecule has 1 aliphatic heterocycles. The number of nitrogens with zero attached hydrogens (tertiary/aromatic N) is 4. The molecule has 0 bridgehead atoms. The van der Waals surface area contributed by atoms with E-state index < -0.39 is 6.04 Å². The number of likely N-dealkylation sites (tertiary alicyclic amines) is 1. The molecule has 7 nitrogen and oxygen atoms in total. The smallest absolute Gasteiger partial charge is 0.294 e. The molecule has 0 unspecified atom stereocenters.